The molecule has 4 amide bonds. The van der Waals surface area contributed by atoms with Crippen LogP contribution in [-0.4, -0.2) is 61.7 Å². The highest BCUT2D eigenvalue weighted by atomic mass is 35.5. The van der Waals surface area contributed by atoms with Crippen molar-refractivity contribution in [3.8, 4) is 11.8 Å². The minimum atomic E-state index is -1.35. The molecular weight excluding hydrogens is 905 g/mol. The standard InChI is InChI=1S/C53H48Cl2FN7O5/c1-31-14-23-43(48(65)58-31)63-30-39-33(9-7-10-37(39)50(63)67)16-15-32-28-57-62(29-32)26-6-3-13-44(64)34-17-20-36(21-18-34)59-49(66)47-45(38-11-8-12-41(55)46(38)56)53(52(61-47)24-4-2-5-25-52)40-22-19-35(54)27-42(40)60-51(53)68/h7-12,17-22,27-29,43,45,47,61H,1-6,13-14,23-26,30H2,(H,58,65)(H,59,66)(H,60,68)/t43?,45-,47+,53+/m0/s1. The van der Waals surface area contributed by atoms with Gasteiger partial charge in [0.1, 0.15) is 17.3 Å². The number of hydrogen-bond acceptors (Lipinski definition) is 7. The minimum Gasteiger partial charge on any atom is -0.329 e. The Hall–Kier alpha value is -6.59. The van der Waals surface area contributed by atoms with Gasteiger partial charge in [-0.05, 0) is 110 Å². The van der Waals surface area contributed by atoms with Crippen LogP contribution in [-0.2, 0) is 32.9 Å². The molecule has 346 valence electrons. The maximum Gasteiger partial charge on any atom is 0.255 e. The lowest BCUT2D eigenvalue weighted by atomic mass is 9.55. The molecule has 1 aromatic heterocycles. The van der Waals surface area contributed by atoms with Crippen LogP contribution in [0.15, 0.2) is 104 Å². The Labute approximate surface area is 403 Å². The summed E-state index contributed by atoms with van der Waals surface area (Å²) in [5, 5.41) is 17.3. The summed E-state index contributed by atoms with van der Waals surface area (Å²) >= 11 is 12.8. The summed E-state index contributed by atoms with van der Waals surface area (Å²) in [6, 6.07) is 20.5. The SMILES string of the molecule is C=C1CCC(N2Cc3c(C#Cc4cnn(CCCCC(=O)c5ccc(NC(=O)[C@@H]6NC7(CCCCC7)[C@@]7(C(=O)Nc8cc(Cl)ccc87)[C@H]6c6cccc(Cl)c6F)cc5)c4)cccc3C2=O)C(=O)N1. The van der Waals surface area contributed by atoms with E-state index in [9.17, 15) is 24.0 Å². The van der Waals surface area contributed by atoms with Crippen molar-refractivity contribution in [2.45, 2.75) is 106 Å². The van der Waals surface area contributed by atoms with Crippen LogP contribution in [0, 0.1) is 17.7 Å². The number of allylic oxidation sites excluding steroid dienone is 1. The molecule has 5 aromatic rings. The van der Waals surface area contributed by atoms with Gasteiger partial charge in [-0.1, -0.05) is 85.1 Å². The van der Waals surface area contributed by atoms with Gasteiger partial charge in [-0.3, -0.25) is 34.0 Å². The molecule has 4 aliphatic heterocycles. The van der Waals surface area contributed by atoms with Crippen molar-refractivity contribution in [1.82, 2.24) is 25.3 Å². The summed E-state index contributed by atoms with van der Waals surface area (Å²) in [5.74, 6) is 3.53. The monoisotopic (exact) mass is 951 g/mol. The summed E-state index contributed by atoms with van der Waals surface area (Å²) in [6.45, 7) is 4.73. The van der Waals surface area contributed by atoms with Crippen molar-refractivity contribution in [3.05, 3.63) is 158 Å². The molecule has 2 saturated heterocycles. The van der Waals surface area contributed by atoms with Gasteiger partial charge >= 0.3 is 0 Å². The van der Waals surface area contributed by atoms with E-state index in [2.05, 4.69) is 44.8 Å². The van der Waals surface area contributed by atoms with Gasteiger partial charge in [0.05, 0.1) is 22.8 Å². The van der Waals surface area contributed by atoms with E-state index in [0.717, 1.165) is 30.4 Å². The van der Waals surface area contributed by atoms with E-state index in [1.165, 1.54) is 6.07 Å². The predicted octanol–water partition coefficient (Wildman–Crippen LogP) is 8.82. The molecule has 5 heterocycles. The first-order valence-corrected chi connectivity index (χ1v) is 23.9. The number of carbonyl (C=O) groups is 5. The van der Waals surface area contributed by atoms with Crippen molar-refractivity contribution < 1.29 is 28.4 Å². The maximum absolute atomic E-state index is 16.3. The van der Waals surface area contributed by atoms with Gasteiger partial charge in [-0.2, -0.15) is 5.10 Å². The zero-order valence-corrected chi connectivity index (χ0v) is 38.6. The zero-order valence-electron chi connectivity index (χ0n) is 37.1. The number of Topliss-reactive ketones (excluding diaryl/α,β-unsaturated/α-hetero) is 1. The molecule has 0 bridgehead atoms. The molecule has 4 N–H and O–H groups in total. The van der Waals surface area contributed by atoms with Crippen LogP contribution in [0.25, 0.3) is 0 Å². The van der Waals surface area contributed by atoms with E-state index >= 15 is 4.39 Å². The Morgan fingerprint density at radius 1 is 0.941 bits per heavy atom. The molecular formula is C53H48Cl2FN7O5. The largest absolute Gasteiger partial charge is 0.329 e. The Morgan fingerprint density at radius 2 is 1.74 bits per heavy atom. The van der Waals surface area contributed by atoms with Crippen LogP contribution in [0.3, 0.4) is 0 Å². The van der Waals surface area contributed by atoms with Crippen LogP contribution in [0.1, 0.15) is 119 Å². The number of nitrogens with zero attached hydrogens (tertiary/aromatic N) is 3. The number of unbranched alkanes of at least 4 members (excludes halogenated alkanes) is 1. The topological polar surface area (TPSA) is 155 Å². The number of amides is 4. The number of carbonyl (C=O) groups excluding carboxylic acids is 5. The first kappa shape index (κ1) is 45.2. The first-order chi connectivity index (χ1) is 32.9. The third kappa shape index (κ3) is 7.88. The minimum absolute atomic E-state index is 0.0435. The summed E-state index contributed by atoms with van der Waals surface area (Å²) in [6.07, 6.45) is 10.1. The molecule has 12 nitrogen and oxygen atoms in total. The van der Waals surface area contributed by atoms with Gasteiger partial charge < -0.3 is 20.9 Å². The van der Waals surface area contributed by atoms with E-state index in [-0.39, 0.29) is 34.1 Å². The molecule has 2 spiro atoms. The molecule has 1 aliphatic carbocycles. The Balaban J connectivity index is 0.777. The number of ketones is 1. The molecule has 3 fully saturated rings. The second kappa shape index (κ2) is 18.1. The third-order valence-electron chi connectivity index (χ3n) is 14.5. The number of hydrogen-bond donors (Lipinski definition) is 4. The summed E-state index contributed by atoms with van der Waals surface area (Å²) in [5.41, 5.74) is 3.57. The van der Waals surface area contributed by atoms with Gasteiger partial charge in [0.25, 0.3) is 5.91 Å². The van der Waals surface area contributed by atoms with Crippen LogP contribution in [0.5, 0.6) is 0 Å². The highest BCUT2D eigenvalue weighted by Crippen LogP contribution is 2.63. The smallest absolute Gasteiger partial charge is 0.255 e. The number of halogens is 3. The van der Waals surface area contributed by atoms with E-state index in [0.29, 0.717) is 102 Å². The number of rotatable bonds is 10. The van der Waals surface area contributed by atoms with Gasteiger partial charge in [-0.15, -0.1) is 0 Å². The van der Waals surface area contributed by atoms with Gasteiger partial charge in [0, 0.05) is 75.9 Å². The third-order valence-corrected chi connectivity index (χ3v) is 15.0. The second-order valence-electron chi connectivity index (χ2n) is 18.4. The van der Waals surface area contributed by atoms with Crippen LogP contribution >= 0.6 is 23.2 Å². The number of aromatic nitrogens is 2. The highest BCUT2D eigenvalue weighted by Gasteiger charge is 2.72. The number of piperidine rings is 1. The molecule has 1 saturated carbocycles. The fraction of sp³-hybridized carbons (Fsp3) is 0.321. The van der Waals surface area contributed by atoms with Crippen molar-refractivity contribution in [2.24, 2.45) is 0 Å². The Bertz CT molecular complexity index is 2990. The quantitative estimate of drug-likeness (QED) is 0.0620. The Morgan fingerprint density at radius 3 is 2.53 bits per heavy atom. The number of benzene rings is 4. The van der Waals surface area contributed by atoms with Crippen LogP contribution in [0.2, 0.25) is 10.0 Å². The molecule has 68 heavy (non-hydrogen) atoms. The summed E-state index contributed by atoms with van der Waals surface area (Å²) in [4.78, 5) is 70.1. The van der Waals surface area contributed by atoms with E-state index in [4.69, 9.17) is 23.2 Å². The van der Waals surface area contributed by atoms with Gasteiger partial charge in [0.2, 0.25) is 17.7 Å². The first-order valence-electron chi connectivity index (χ1n) is 23.1. The highest BCUT2D eigenvalue weighted by molar-refractivity contribution is 6.31. The van der Waals surface area contributed by atoms with E-state index in [1.54, 1.807) is 76.4 Å². The maximum atomic E-state index is 16.3. The molecule has 10 rings (SSSR count). The average Bonchev–Trinajstić information content (AvgIpc) is 4.08. The Kier molecular flexibility index (Phi) is 12.1. The van der Waals surface area contributed by atoms with E-state index < -0.39 is 40.7 Å². The van der Waals surface area contributed by atoms with Crippen molar-refractivity contribution in [1.29, 1.82) is 0 Å². The summed E-state index contributed by atoms with van der Waals surface area (Å²) in [7, 11) is 0. The second-order valence-corrected chi connectivity index (χ2v) is 19.3. The molecule has 15 heteroatoms. The molecule has 0 radical (unpaired) electrons. The lowest BCUT2D eigenvalue weighted by Gasteiger charge is -2.47. The predicted molar refractivity (Wildman–Crippen MR) is 257 cm³/mol. The van der Waals surface area contributed by atoms with Crippen molar-refractivity contribution >= 4 is 64.0 Å². The fourth-order valence-corrected chi connectivity index (χ4v) is 11.7. The lowest BCUT2D eigenvalue weighted by Crippen LogP contribution is -2.60. The van der Waals surface area contributed by atoms with Crippen molar-refractivity contribution in [2.75, 3.05) is 10.6 Å². The normalized spacial score (nSPS) is 22.4. The van der Waals surface area contributed by atoms with Gasteiger partial charge in [0.15, 0.2) is 5.78 Å². The number of aryl methyl sites for hydroxylation is 1. The molecule has 4 aromatic carbocycles. The number of fused-ring (bicyclic) bond motifs is 4. The zero-order chi connectivity index (χ0) is 47.3. The number of nitrogens with one attached hydrogen (secondary N) is 4. The van der Waals surface area contributed by atoms with Crippen LogP contribution < -0.4 is 21.3 Å². The summed E-state index contributed by atoms with van der Waals surface area (Å²) < 4.78 is 18.1. The number of anilines is 2. The average molecular weight is 953 g/mol. The van der Waals surface area contributed by atoms with Crippen LogP contribution in [0.4, 0.5) is 15.8 Å². The molecule has 5 aliphatic rings. The fourth-order valence-electron chi connectivity index (χ4n) is 11.4. The lowest BCUT2D eigenvalue weighted by molar-refractivity contribution is -0.126. The molecule has 1 unspecified atom stereocenters. The van der Waals surface area contributed by atoms with Crippen molar-refractivity contribution in [3.63, 3.8) is 0 Å². The molecule has 4 atom stereocenters. The van der Waals surface area contributed by atoms with E-state index in [1.807, 2.05) is 18.3 Å². The van der Waals surface area contributed by atoms with Gasteiger partial charge in [-0.25, -0.2) is 4.39 Å².